The minimum absolute atomic E-state index is 0.0312. The van der Waals surface area contributed by atoms with Crippen LogP contribution in [0.3, 0.4) is 0 Å². The number of hydrogen-bond acceptors (Lipinski definition) is 3. The monoisotopic (exact) mass is 160 g/mol. The molecule has 0 amide bonds. The van der Waals surface area contributed by atoms with Crippen LogP contribution in [0, 0.1) is 5.92 Å². The Kier molecular flexibility index (Phi) is 6.12. The number of aliphatic hydroxyl groups excluding tert-OH is 2. The highest BCUT2D eigenvalue weighted by atomic mass is 16.5. The van der Waals surface area contributed by atoms with E-state index in [-0.39, 0.29) is 19.1 Å². The van der Waals surface area contributed by atoms with Gasteiger partial charge in [-0.1, -0.05) is 6.08 Å². The van der Waals surface area contributed by atoms with Gasteiger partial charge in [0, 0.05) is 19.6 Å². The average Bonchev–Trinajstić information content (AvgIpc) is 2.00. The zero-order chi connectivity index (χ0) is 8.69. The molecule has 0 bridgehead atoms. The molecule has 0 saturated carbocycles. The van der Waals surface area contributed by atoms with Crippen LogP contribution in [0.1, 0.15) is 6.42 Å². The minimum Gasteiger partial charge on any atom is -0.396 e. The van der Waals surface area contributed by atoms with Crippen molar-refractivity contribution >= 4 is 0 Å². The Morgan fingerprint density at radius 1 is 1.64 bits per heavy atom. The van der Waals surface area contributed by atoms with Gasteiger partial charge in [0.25, 0.3) is 0 Å². The molecule has 0 rings (SSSR count). The van der Waals surface area contributed by atoms with Gasteiger partial charge in [0.1, 0.15) is 0 Å². The Morgan fingerprint density at radius 2 is 2.27 bits per heavy atom. The lowest BCUT2D eigenvalue weighted by atomic mass is 10.0. The van der Waals surface area contributed by atoms with Gasteiger partial charge in [0.05, 0.1) is 12.7 Å². The summed E-state index contributed by atoms with van der Waals surface area (Å²) >= 11 is 0. The first-order chi connectivity index (χ1) is 5.26. The van der Waals surface area contributed by atoms with Crippen LogP contribution in [-0.4, -0.2) is 36.6 Å². The molecule has 11 heavy (non-hydrogen) atoms. The molecule has 0 aromatic rings. The zero-order valence-corrected chi connectivity index (χ0v) is 6.86. The number of hydrogen-bond donors (Lipinski definition) is 2. The molecule has 0 saturated heterocycles. The average molecular weight is 160 g/mol. The molecule has 0 unspecified atom stereocenters. The topological polar surface area (TPSA) is 49.7 Å². The minimum atomic E-state index is -0.594. The fourth-order valence-electron chi connectivity index (χ4n) is 0.874. The maximum atomic E-state index is 9.31. The number of ether oxygens (including phenoxy) is 1. The summed E-state index contributed by atoms with van der Waals surface area (Å²) in [6.07, 6.45) is 1.70. The first kappa shape index (κ1) is 10.6. The summed E-state index contributed by atoms with van der Waals surface area (Å²) < 4.78 is 4.74. The van der Waals surface area contributed by atoms with Crippen LogP contribution < -0.4 is 0 Å². The molecule has 2 N–H and O–H groups in total. The molecule has 0 aliphatic heterocycles. The van der Waals surface area contributed by atoms with Crippen molar-refractivity contribution in [1.82, 2.24) is 0 Å². The van der Waals surface area contributed by atoms with E-state index in [0.29, 0.717) is 6.42 Å². The van der Waals surface area contributed by atoms with Crippen molar-refractivity contribution in [2.45, 2.75) is 12.5 Å². The lowest BCUT2D eigenvalue weighted by Crippen LogP contribution is -2.27. The van der Waals surface area contributed by atoms with Gasteiger partial charge in [-0.3, -0.25) is 0 Å². The van der Waals surface area contributed by atoms with E-state index >= 15 is 0 Å². The molecule has 0 radical (unpaired) electrons. The van der Waals surface area contributed by atoms with Gasteiger partial charge in [0.15, 0.2) is 0 Å². The van der Waals surface area contributed by atoms with Crippen molar-refractivity contribution in [3.8, 4) is 0 Å². The Morgan fingerprint density at radius 3 is 2.64 bits per heavy atom. The van der Waals surface area contributed by atoms with Crippen molar-refractivity contribution in [1.29, 1.82) is 0 Å². The van der Waals surface area contributed by atoms with E-state index in [1.165, 1.54) is 7.11 Å². The maximum Gasteiger partial charge on any atom is 0.0826 e. The third-order valence-corrected chi connectivity index (χ3v) is 1.59. The number of aliphatic hydroxyl groups is 2. The van der Waals surface area contributed by atoms with Crippen LogP contribution in [0.25, 0.3) is 0 Å². The Labute approximate surface area is 67.3 Å². The molecule has 0 heterocycles. The van der Waals surface area contributed by atoms with Crippen molar-refractivity contribution < 1.29 is 14.9 Å². The van der Waals surface area contributed by atoms with Crippen molar-refractivity contribution in [2.75, 3.05) is 20.3 Å². The molecule has 0 fully saturated rings. The van der Waals surface area contributed by atoms with E-state index < -0.39 is 6.10 Å². The standard InChI is InChI=1S/C8H16O3/c1-3-4-7(5-9)8(10)6-11-2/h3,7-10H,1,4-6H2,2H3/t7-,8+/m1/s1. The lowest BCUT2D eigenvalue weighted by molar-refractivity contribution is 0.00704. The third kappa shape index (κ3) is 4.14. The highest BCUT2D eigenvalue weighted by molar-refractivity contribution is 4.77. The third-order valence-electron chi connectivity index (χ3n) is 1.59. The Balaban J connectivity index is 3.70. The quantitative estimate of drug-likeness (QED) is 0.545. The second kappa shape index (κ2) is 6.34. The summed E-state index contributed by atoms with van der Waals surface area (Å²) in [4.78, 5) is 0. The lowest BCUT2D eigenvalue weighted by Gasteiger charge is -2.18. The van der Waals surface area contributed by atoms with Gasteiger partial charge in [-0.15, -0.1) is 6.58 Å². The van der Waals surface area contributed by atoms with Crippen molar-refractivity contribution in [3.05, 3.63) is 12.7 Å². The summed E-state index contributed by atoms with van der Waals surface area (Å²) in [5.41, 5.74) is 0. The number of allylic oxidation sites excluding steroid dienone is 1. The SMILES string of the molecule is C=CC[C@H](CO)[C@@H](O)COC. The second-order valence-corrected chi connectivity index (χ2v) is 2.49. The van der Waals surface area contributed by atoms with Crippen molar-refractivity contribution in [3.63, 3.8) is 0 Å². The van der Waals surface area contributed by atoms with Gasteiger partial charge in [-0.05, 0) is 6.42 Å². The van der Waals surface area contributed by atoms with Crippen LogP contribution in [0.5, 0.6) is 0 Å². The molecule has 0 spiro atoms. The highest BCUT2D eigenvalue weighted by Gasteiger charge is 2.15. The molecular weight excluding hydrogens is 144 g/mol. The fourth-order valence-corrected chi connectivity index (χ4v) is 0.874. The predicted octanol–water partition coefficient (Wildman–Crippen LogP) is 0.178. The van der Waals surface area contributed by atoms with E-state index in [4.69, 9.17) is 9.84 Å². The maximum absolute atomic E-state index is 9.31. The van der Waals surface area contributed by atoms with E-state index in [0.717, 1.165) is 0 Å². The molecule has 3 heteroatoms. The molecule has 0 aromatic heterocycles. The second-order valence-electron chi connectivity index (χ2n) is 2.49. The van der Waals surface area contributed by atoms with Gasteiger partial charge in [0.2, 0.25) is 0 Å². The molecule has 0 aliphatic carbocycles. The summed E-state index contributed by atoms with van der Waals surface area (Å²) in [5.74, 6) is -0.146. The largest absolute Gasteiger partial charge is 0.396 e. The molecule has 0 aromatic carbocycles. The summed E-state index contributed by atoms with van der Waals surface area (Å²) in [6, 6.07) is 0. The highest BCUT2D eigenvalue weighted by Crippen LogP contribution is 2.08. The van der Waals surface area contributed by atoms with Crippen molar-refractivity contribution in [2.24, 2.45) is 5.92 Å². The Hall–Kier alpha value is -0.380. The van der Waals surface area contributed by atoms with E-state index in [1.807, 2.05) is 0 Å². The molecule has 3 nitrogen and oxygen atoms in total. The first-order valence-electron chi connectivity index (χ1n) is 3.65. The van der Waals surface area contributed by atoms with Gasteiger partial charge < -0.3 is 14.9 Å². The van der Waals surface area contributed by atoms with Crippen LogP contribution in [0.2, 0.25) is 0 Å². The summed E-state index contributed by atoms with van der Waals surface area (Å²) in [5, 5.41) is 18.1. The summed E-state index contributed by atoms with van der Waals surface area (Å²) in [7, 11) is 1.52. The van der Waals surface area contributed by atoms with Gasteiger partial charge in [-0.2, -0.15) is 0 Å². The Bertz CT molecular complexity index is 104. The molecule has 2 atom stereocenters. The van der Waals surface area contributed by atoms with E-state index in [9.17, 15) is 5.11 Å². The van der Waals surface area contributed by atoms with Crippen LogP contribution >= 0.6 is 0 Å². The molecule has 66 valence electrons. The fraction of sp³-hybridized carbons (Fsp3) is 0.750. The molecule has 0 aliphatic rings. The summed E-state index contributed by atoms with van der Waals surface area (Å²) in [6.45, 7) is 3.76. The first-order valence-corrected chi connectivity index (χ1v) is 3.65. The number of rotatable bonds is 6. The smallest absolute Gasteiger partial charge is 0.0826 e. The predicted molar refractivity (Wildman–Crippen MR) is 43.3 cm³/mol. The van der Waals surface area contributed by atoms with Gasteiger partial charge in [-0.25, -0.2) is 0 Å². The van der Waals surface area contributed by atoms with E-state index in [1.54, 1.807) is 6.08 Å². The van der Waals surface area contributed by atoms with Gasteiger partial charge >= 0.3 is 0 Å². The van der Waals surface area contributed by atoms with E-state index in [2.05, 4.69) is 6.58 Å². The normalized spacial score (nSPS) is 15.9. The van der Waals surface area contributed by atoms with Crippen LogP contribution in [0.15, 0.2) is 12.7 Å². The zero-order valence-electron chi connectivity index (χ0n) is 6.86. The van der Waals surface area contributed by atoms with Crippen LogP contribution in [0.4, 0.5) is 0 Å². The molecular formula is C8H16O3. The number of methoxy groups -OCH3 is 1. The van der Waals surface area contributed by atoms with Crippen LogP contribution in [-0.2, 0) is 4.74 Å².